The van der Waals surface area contributed by atoms with Crippen molar-refractivity contribution in [3.05, 3.63) is 12.7 Å². The molecule has 0 aromatic heterocycles. The maximum absolute atomic E-state index is 10.8. The average molecular weight is 211 g/mol. The largest absolute Gasteiger partial charge is 0.459 e. The number of ether oxygens (including phenoxy) is 1. The van der Waals surface area contributed by atoms with Gasteiger partial charge in [0.15, 0.2) is 0 Å². The van der Waals surface area contributed by atoms with Crippen LogP contribution in [-0.2, 0) is 14.3 Å². The van der Waals surface area contributed by atoms with E-state index in [0.717, 1.165) is 0 Å². The van der Waals surface area contributed by atoms with Gasteiger partial charge in [-0.25, -0.2) is 4.79 Å². The molecule has 0 aliphatic carbocycles. The highest BCUT2D eigenvalue weighted by atomic mass is 35.5. The van der Waals surface area contributed by atoms with Gasteiger partial charge in [-0.3, -0.25) is 10.5 Å². The van der Waals surface area contributed by atoms with Crippen LogP contribution in [0.3, 0.4) is 0 Å². The molecule has 6 heteroatoms. The van der Waals surface area contributed by atoms with E-state index in [2.05, 4.69) is 11.3 Å². The fourth-order valence-corrected chi connectivity index (χ4v) is 0.427. The molecule has 67 valence electrons. The SMILES string of the molecule is C=CCOC(=O)C(Cl)(Cl)C([NH])=O. The van der Waals surface area contributed by atoms with Gasteiger partial charge >= 0.3 is 5.97 Å². The molecule has 4 nitrogen and oxygen atoms in total. The summed E-state index contributed by atoms with van der Waals surface area (Å²) in [5.74, 6) is -2.58. The summed E-state index contributed by atoms with van der Waals surface area (Å²) in [5.41, 5.74) is 6.52. The maximum atomic E-state index is 10.8. The molecule has 0 fully saturated rings. The molecule has 0 aliphatic rings. The van der Waals surface area contributed by atoms with Crippen molar-refractivity contribution in [1.82, 2.24) is 5.73 Å². The Morgan fingerprint density at radius 1 is 1.58 bits per heavy atom. The minimum atomic E-state index is -2.43. The van der Waals surface area contributed by atoms with Crippen molar-refractivity contribution in [3.63, 3.8) is 0 Å². The molecule has 0 aromatic rings. The Morgan fingerprint density at radius 3 is 2.42 bits per heavy atom. The van der Waals surface area contributed by atoms with Gasteiger partial charge in [0.2, 0.25) is 0 Å². The fourth-order valence-electron chi connectivity index (χ4n) is 0.318. The van der Waals surface area contributed by atoms with Gasteiger partial charge in [0.1, 0.15) is 6.61 Å². The highest BCUT2D eigenvalue weighted by Gasteiger charge is 2.42. The fraction of sp³-hybridized carbons (Fsp3) is 0.333. The van der Waals surface area contributed by atoms with E-state index in [9.17, 15) is 9.59 Å². The number of amides is 1. The van der Waals surface area contributed by atoms with Gasteiger partial charge in [-0.1, -0.05) is 35.9 Å². The summed E-state index contributed by atoms with van der Waals surface area (Å²) in [6.45, 7) is 3.16. The van der Waals surface area contributed by atoms with E-state index in [1.54, 1.807) is 0 Å². The molecule has 0 aromatic carbocycles. The van der Waals surface area contributed by atoms with Crippen LogP contribution in [0.1, 0.15) is 0 Å². The molecule has 12 heavy (non-hydrogen) atoms. The molecule has 1 N–H and O–H groups in total. The first kappa shape index (κ1) is 11.3. The third kappa shape index (κ3) is 2.71. The quantitative estimate of drug-likeness (QED) is 0.297. The lowest BCUT2D eigenvalue weighted by atomic mass is 10.4. The first-order valence-corrected chi connectivity index (χ1v) is 3.60. The third-order valence-electron chi connectivity index (χ3n) is 0.874. The Morgan fingerprint density at radius 2 is 2.08 bits per heavy atom. The van der Waals surface area contributed by atoms with E-state index in [4.69, 9.17) is 28.9 Å². The standard InChI is InChI=1S/C6H6Cl2NO3/c1-2-3-12-5(11)6(7,8)4(9)10/h2,9H,1,3H2. The van der Waals surface area contributed by atoms with Crippen molar-refractivity contribution in [2.75, 3.05) is 6.61 Å². The normalized spacial score (nSPS) is 10.5. The van der Waals surface area contributed by atoms with Crippen molar-refractivity contribution in [1.29, 1.82) is 0 Å². The summed E-state index contributed by atoms with van der Waals surface area (Å²) in [4.78, 5) is 21.1. The molecule has 1 radical (unpaired) electrons. The minimum Gasteiger partial charge on any atom is -0.459 e. The van der Waals surface area contributed by atoms with Crippen LogP contribution in [0.25, 0.3) is 0 Å². The monoisotopic (exact) mass is 210 g/mol. The summed E-state index contributed by atoms with van der Waals surface area (Å²) in [6.07, 6.45) is 1.29. The minimum absolute atomic E-state index is 0.104. The smallest absolute Gasteiger partial charge is 0.353 e. The van der Waals surface area contributed by atoms with Crippen LogP contribution in [-0.4, -0.2) is 22.8 Å². The summed E-state index contributed by atoms with van der Waals surface area (Å²) >= 11 is 10.4. The second kappa shape index (κ2) is 4.33. The zero-order valence-electron chi connectivity index (χ0n) is 5.97. The number of carbonyl (C=O) groups excluding carboxylic acids is 2. The lowest BCUT2D eigenvalue weighted by Crippen LogP contribution is -2.37. The van der Waals surface area contributed by atoms with Crippen LogP contribution in [0, 0.1) is 0 Å². The number of esters is 1. The Bertz CT molecular complexity index is 215. The van der Waals surface area contributed by atoms with E-state index in [1.807, 2.05) is 0 Å². The molecule has 0 saturated heterocycles. The second-order valence-corrected chi connectivity index (χ2v) is 3.12. The lowest BCUT2D eigenvalue weighted by molar-refractivity contribution is -0.145. The number of carbonyl (C=O) groups is 2. The Labute approximate surface area is 79.3 Å². The third-order valence-corrected chi connectivity index (χ3v) is 1.53. The van der Waals surface area contributed by atoms with Crippen LogP contribution in [0.5, 0.6) is 0 Å². The van der Waals surface area contributed by atoms with Gasteiger partial charge in [0.05, 0.1) is 0 Å². The van der Waals surface area contributed by atoms with E-state index < -0.39 is 16.2 Å². The van der Waals surface area contributed by atoms with Crippen molar-refractivity contribution in [2.24, 2.45) is 0 Å². The highest BCUT2D eigenvalue weighted by Crippen LogP contribution is 2.22. The predicted octanol–water partition coefficient (Wildman–Crippen LogP) is 0.699. The summed E-state index contributed by atoms with van der Waals surface area (Å²) < 4.78 is 1.93. The van der Waals surface area contributed by atoms with Gasteiger partial charge in [0, 0.05) is 0 Å². The van der Waals surface area contributed by atoms with Crippen LogP contribution in [0.2, 0.25) is 0 Å². The summed E-state index contributed by atoms with van der Waals surface area (Å²) in [7, 11) is 0. The molecule has 0 spiro atoms. The first-order chi connectivity index (χ1) is 5.42. The summed E-state index contributed by atoms with van der Waals surface area (Å²) in [6, 6.07) is 0. The van der Waals surface area contributed by atoms with E-state index in [1.165, 1.54) is 6.08 Å². The van der Waals surface area contributed by atoms with Crippen LogP contribution in [0.4, 0.5) is 0 Å². The number of alkyl halides is 2. The Kier molecular flexibility index (Phi) is 4.06. The molecular weight excluding hydrogens is 205 g/mol. The van der Waals surface area contributed by atoms with E-state index in [0.29, 0.717) is 0 Å². The topological polar surface area (TPSA) is 67.2 Å². The summed E-state index contributed by atoms with van der Waals surface area (Å²) in [5, 5.41) is 0. The number of halogens is 2. The predicted molar refractivity (Wildman–Crippen MR) is 43.7 cm³/mol. The van der Waals surface area contributed by atoms with Crippen molar-refractivity contribution >= 4 is 35.1 Å². The number of hydrogen-bond donors (Lipinski definition) is 0. The number of hydrogen-bond acceptors (Lipinski definition) is 3. The lowest BCUT2D eigenvalue weighted by Gasteiger charge is -2.11. The van der Waals surface area contributed by atoms with Crippen LogP contribution < -0.4 is 5.73 Å². The van der Waals surface area contributed by atoms with Crippen molar-refractivity contribution in [2.45, 2.75) is 4.33 Å². The maximum Gasteiger partial charge on any atom is 0.353 e. The van der Waals surface area contributed by atoms with E-state index >= 15 is 0 Å². The Balaban J connectivity index is 4.25. The molecule has 0 atom stereocenters. The average Bonchev–Trinajstić information content (AvgIpc) is 1.99. The van der Waals surface area contributed by atoms with Crippen LogP contribution >= 0.6 is 23.2 Å². The molecule has 0 unspecified atom stereocenters. The molecule has 0 bridgehead atoms. The molecular formula is C6H6Cl2NO3. The van der Waals surface area contributed by atoms with Gasteiger partial charge in [0.25, 0.3) is 10.2 Å². The van der Waals surface area contributed by atoms with E-state index in [-0.39, 0.29) is 6.61 Å². The number of nitrogens with one attached hydrogen (secondary N) is 1. The highest BCUT2D eigenvalue weighted by molar-refractivity contribution is 6.66. The van der Waals surface area contributed by atoms with Gasteiger partial charge in [-0.2, -0.15) is 0 Å². The Hall–Kier alpha value is -0.740. The van der Waals surface area contributed by atoms with Crippen LogP contribution in [0.15, 0.2) is 12.7 Å². The zero-order valence-corrected chi connectivity index (χ0v) is 7.48. The molecule has 0 aliphatic heterocycles. The van der Waals surface area contributed by atoms with Crippen molar-refractivity contribution in [3.8, 4) is 0 Å². The first-order valence-electron chi connectivity index (χ1n) is 2.85. The second-order valence-electron chi connectivity index (χ2n) is 1.79. The van der Waals surface area contributed by atoms with Gasteiger partial charge < -0.3 is 4.74 Å². The number of rotatable bonds is 4. The molecule has 0 rings (SSSR count). The molecule has 0 heterocycles. The van der Waals surface area contributed by atoms with Crippen molar-refractivity contribution < 1.29 is 14.3 Å². The van der Waals surface area contributed by atoms with Gasteiger partial charge in [-0.05, 0) is 0 Å². The molecule has 0 saturated carbocycles. The zero-order chi connectivity index (χ0) is 9.78. The molecule has 1 amide bonds. The van der Waals surface area contributed by atoms with Gasteiger partial charge in [-0.15, -0.1) is 0 Å².